The van der Waals surface area contributed by atoms with E-state index in [1.807, 2.05) is 44.2 Å². The van der Waals surface area contributed by atoms with Gasteiger partial charge in [-0.1, -0.05) is 44.2 Å². The predicted molar refractivity (Wildman–Crippen MR) is 92.9 cm³/mol. The maximum atomic E-state index is 12.3. The number of amides is 2. The average molecular weight is 336 g/mol. The van der Waals surface area contributed by atoms with Crippen LogP contribution in [-0.4, -0.2) is 53.4 Å². The molecule has 0 aliphatic heterocycles. The van der Waals surface area contributed by atoms with E-state index < -0.39 is 5.97 Å². The lowest BCUT2D eigenvalue weighted by atomic mass is 9.88. The quantitative estimate of drug-likeness (QED) is 0.610. The summed E-state index contributed by atoms with van der Waals surface area (Å²) in [6.07, 6.45) is 1.29. The van der Waals surface area contributed by atoms with Crippen LogP contribution >= 0.6 is 0 Å². The van der Waals surface area contributed by atoms with Crippen LogP contribution in [0.15, 0.2) is 30.3 Å². The second-order valence-electron chi connectivity index (χ2n) is 6.66. The van der Waals surface area contributed by atoms with Crippen LogP contribution in [-0.2, 0) is 11.2 Å². The molecule has 6 heteroatoms. The number of carbonyl (C=O) groups is 2. The molecular formula is C18H28N2O4. The van der Waals surface area contributed by atoms with Gasteiger partial charge in [-0.3, -0.25) is 4.79 Å². The molecule has 0 aliphatic carbocycles. The molecule has 134 valence electrons. The van der Waals surface area contributed by atoms with Crippen molar-refractivity contribution in [3.05, 3.63) is 35.9 Å². The molecule has 0 saturated carbocycles. The summed E-state index contributed by atoms with van der Waals surface area (Å²) in [7, 11) is 0. The van der Waals surface area contributed by atoms with Gasteiger partial charge in [0.1, 0.15) is 0 Å². The number of carbonyl (C=O) groups excluding carboxylic acids is 1. The van der Waals surface area contributed by atoms with Gasteiger partial charge in [-0.25, -0.2) is 4.79 Å². The van der Waals surface area contributed by atoms with Gasteiger partial charge in [0.15, 0.2) is 0 Å². The Bertz CT molecular complexity index is 517. The Morgan fingerprint density at radius 3 is 2.42 bits per heavy atom. The van der Waals surface area contributed by atoms with Crippen LogP contribution in [0.1, 0.15) is 32.3 Å². The SMILES string of the molecule is CC(C)(CCC(=O)O)CNC(=O)N(CCO)CCc1ccccc1. The Morgan fingerprint density at radius 2 is 1.83 bits per heavy atom. The zero-order chi connectivity index (χ0) is 18.0. The molecule has 24 heavy (non-hydrogen) atoms. The topological polar surface area (TPSA) is 89.9 Å². The van der Waals surface area contributed by atoms with Crippen molar-refractivity contribution in [1.82, 2.24) is 10.2 Å². The number of nitrogens with one attached hydrogen (secondary N) is 1. The molecule has 1 aromatic carbocycles. The summed E-state index contributed by atoms with van der Waals surface area (Å²) in [4.78, 5) is 24.6. The van der Waals surface area contributed by atoms with Crippen LogP contribution < -0.4 is 5.32 Å². The maximum absolute atomic E-state index is 12.3. The third kappa shape index (κ3) is 7.97. The first-order chi connectivity index (χ1) is 11.3. The number of aliphatic hydroxyl groups is 1. The number of carboxylic acid groups (broad SMARTS) is 1. The van der Waals surface area contributed by atoms with Gasteiger partial charge in [-0.15, -0.1) is 0 Å². The highest BCUT2D eigenvalue weighted by molar-refractivity contribution is 5.74. The molecule has 0 radical (unpaired) electrons. The van der Waals surface area contributed by atoms with Gasteiger partial charge >= 0.3 is 12.0 Å². The number of carboxylic acids is 1. The molecule has 0 spiro atoms. The lowest BCUT2D eigenvalue weighted by Crippen LogP contribution is -2.45. The normalized spacial score (nSPS) is 11.1. The van der Waals surface area contributed by atoms with Crippen molar-refractivity contribution in [3.8, 4) is 0 Å². The first-order valence-electron chi connectivity index (χ1n) is 8.23. The van der Waals surface area contributed by atoms with Crippen molar-refractivity contribution < 1.29 is 19.8 Å². The molecular weight excluding hydrogens is 308 g/mol. The number of benzene rings is 1. The standard InChI is InChI=1S/C18H28N2O4/c1-18(2,10-8-16(22)23)14-19-17(24)20(12-13-21)11-9-15-6-4-3-5-7-15/h3-7,21H,8-14H2,1-2H3,(H,19,24)(H,22,23). The summed E-state index contributed by atoms with van der Waals surface area (Å²) in [5, 5.41) is 20.8. The van der Waals surface area contributed by atoms with Gasteiger partial charge < -0.3 is 20.4 Å². The number of nitrogens with zero attached hydrogens (tertiary/aromatic N) is 1. The Kier molecular flexibility index (Phi) is 8.26. The van der Waals surface area contributed by atoms with E-state index in [2.05, 4.69) is 5.32 Å². The second-order valence-corrected chi connectivity index (χ2v) is 6.66. The smallest absolute Gasteiger partial charge is 0.317 e. The fourth-order valence-electron chi connectivity index (χ4n) is 2.30. The molecule has 0 bridgehead atoms. The van der Waals surface area contributed by atoms with Crippen molar-refractivity contribution in [3.63, 3.8) is 0 Å². The van der Waals surface area contributed by atoms with E-state index in [4.69, 9.17) is 10.2 Å². The van der Waals surface area contributed by atoms with E-state index in [1.165, 1.54) is 0 Å². The summed E-state index contributed by atoms with van der Waals surface area (Å²) in [5.41, 5.74) is 0.841. The van der Waals surface area contributed by atoms with E-state index >= 15 is 0 Å². The molecule has 0 unspecified atom stereocenters. The number of hydrogen-bond acceptors (Lipinski definition) is 3. The predicted octanol–water partition coefficient (Wildman–Crippen LogP) is 2.12. The number of rotatable bonds is 10. The molecule has 2 amide bonds. The molecule has 0 aliphatic rings. The van der Waals surface area contributed by atoms with Crippen molar-refractivity contribution in [1.29, 1.82) is 0 Å². The summed E-state index contributed by atoms with van der Waals surface area (Å²) in [6.45, 7) is 4.95. The molecule has 0 fully saturated rings. The van der Waals surface area contributed by atoms with Crippen molar-refractivity contribution in [2.24, 2.45) is 5.41 Å². The minimum atomic E-state index is -0.834. The molecule has 0 atom stereocenters. The van der Waals surface area contributed by atoms with Crippen molar-refractivity contribution in [2.45, 2.75) is 33.1 Å². The van der Waals surface area contributed by atoms with Crippen LogP contribution in [0, 0.1) is 5.41 Å². The van der Waals surface area contributed by atoms with Gasteiger partial charge in [-0.2, -0.15) is 0 Å². The first kappa shape index (κ1) is 20.0. The number of urea groups is 1. The minimum Gasteiger partial charge on any atom is -0.481 e. The lowest BCUT2D eigenvalue weighted by Gasteiger charge is -2.28. The fourth-order valence-corrected chi connectivity index (χ4v) is 2.30. The van der Waals surface area contributed by atoms with E-state index in [0.29, 0.717) is 19.5 Å². The summed E-state index contributed by atoms with van der Waals surface area (Å²) in [6, 6.07) is 9.63. The number of aliphatic hydroxyl groups excluding tert-OH is 1. The third-order valence-corrected chi connectivity index (χ3v) is 3.90. The molecule has 1 rings (SSSR count). The Hall–Kier alpha value is -2.08. The highest BCUT2D eigenvalue weighted by Crippen LogP contribution is 2.21. The third-order valence-electron chi connectivity index (χ3n) is 3.90. The summed E-state index contributed by atoms with van der Waals surface area (Å²) < 4.78 is 0. The van der Waals surface area contributed by atoms with Gasteiger partial charge in [0.25, 0.3) is 0 Å². The summed E-state index contributed by atoms with van der Waals surface area (Å²) >= 11 is 0. The number of hydrogen-bond donors (Lipinski definition) is 3. The molecule has 6 nitrogen and oxygen atoms in total. The highest BCUT2D eigenvalue weighted by Gasteiger charge is 2.21. The fraction of sp³-hybridized carbons (Fsp3) is 0.556. The van der Waals surface area contributed by atoms with E-state index in [9.17, 15) is 9.59 Å². The largest absolute Gasteiger partial charge is 0.481 e. The zero-order valence-corrected chi connectivity index (χ0v) is 14.5. The second kappa shape index (κ2) is 9.93. The van der Waals surface area contributed by atoms with Crippen molar-refractivity contribution in [2.75, 3.05) is 26.2 Å². The van der Waals surface area contributed by atoms with E-state index in [1.54, 1.807) is 4.90 Å². The van der Waals surface area contributed by atoms with Crippen LogP contribution in [0.25, 0.3) is 0 Å². The lowest BCUT2D eigenvalue weighted by molar-refractivity contribution is -0.137. The summed E-state index contributed by atoms with van der Waals surface area (Å²) in [5.74, 6) is -0.834. The number of aliphatic carboxylic acids is 1. The van der Waals surface area contributed by atoms with Crippen LogP contribution in [0.3, 0.4) is 0 Å². The van der Waals surface area contributed by atoms with E-state index in [0.717, 1.165) is 12.0 Å². The van der Waals surface area contributed by atoms with Crippen LogP contribution in [0.4, 0.5) is 4.79 Å². The van der Waals surface area contributed by atoms with Gasteiger partial charge in [0.05, 0.1) is 6.61 Å². The molecule has 0 saturated heterocycles. The molecule has 0 aromatic heterocycles. The Morgan fingerprint density at radius 1 is 1.17 bits per heavy atom. The van der Waals surface area contributed by atoms with Gasteiger partial charge in [-0.05, 0) is 23.8 Å². The average Bonchev–Trinajstić information content (AvgIpc) is 2.56. The van der Waals surface area contributed by atoms with Gasteiger partial charge in [0.2, 0.25) is 0 Å². The van der Waals surface area contributed by atoms with Gasteiger partial charge in [0, 0.05) is 26.1 Å². The highest BCUT2D eigenvalue weighted by atomic mass is 16.4. The van der Waals surface area contributed by atoms with Crippen LogP contribution in [0.2, 0.25) is 0 Å². The zero-order valence-electron chi connectivity index (χ0n) is 14.5. The Labute approximate surface area is 143 Å². The van der Waals surface area contributed by atoms with Crippen molar-refractivity contribution >= 4 is 12.0 Å². The minimum absolute atomic E-state index is 0.0806. The molecule has 3 N–H and O–H groups in total. The Balaban J connectivity index is 2.49. The van der Waals surface area contributed by atoms with Crippen LogP contribution in [0.5, 0.6) is 0 Å². The monoisotopic (exact) mass is 336 g/mol. The molecule has 0 heterocycles. The van der Waals surface area contributed by atoms with E-state index in [-0.39, 0.29) is 31.0 Å². The maximum Gasteiger partial charge on any atom is 0.317 e. The first-order valence-corrected chi connectivity index (χ1v) is 8.23. The molecule has 1 aromatic rings.